The molecule has 0 atom stereocenters. The maximum absolute atomic E-state index is 6.04. The van der Waals surface area contributed by atoms with Crippen molar-refractivity contribution in [1.82, 2.24) is 14.8 Å². The van der Waals surface area contributed by atoms with Gasteiger partial charge < -0.3 is 4.74 Å². The van der Waals surface area contributed by atoms with E-state index in [0.717, 1.165) is 28.0 Å². The van der Waals surface area contributed by atoms with Gasteiger partial charge in [-0.2, -0.15) is 0 Å². The first-order valence-corrected chi connectivity index (χ1v) is 8.87. The lowest BCUT2D eigenvalue weighted by Gasteiger charge is -2.13. The third-order valence-electron chi connectivity index (χ3n) is 3.41. The third-order valence-corrected chi connectivity index (χ3v) is 4.61. The van der Waals surface area contributed by atoms with Crippen LogP contribution in [-0.4, -0.2) is 27.1 Å². The molecule has 1 aromatic heterocycles. The number of aromatic nitrogens is 3. The molecule has 0 aliphatic rings. The van der Waals surface area contributed by atoms with E-state index in [0.29, 0.717) is 10.3 Å². The molecular formula is C18H18ClN3OS. The van der Waals surface area contributed by atoms with Gasteiger partial charge in [0, 0.05) is 16.0 Å². The standard InChI is InChI=1S/C18H18ClN3OS/c1-12(2)24-18-21-20-17(15-6-4-5-7-16(15)23-3)22(18)14-10-8-13(19)9-11-14/h4-12H,1-3H3. The van der Waals surface area contributed by atoms with Gasteiger partial charge in [-0.05, 0) is 36.4 Å². The van der Waals surface area contributed by atoms with Gasteiger partial charge in [-0.1, -0.05) is 49.3 Å². The van der Waals surface area contributed by atoms with Gasteiger partial charge in [0.2, 0.25) is 0 Å². The second-order valence-electron chi connectivity index (χ2n) is 5.48. The van der Waals surface area contributed by atoms with Crippen molar-refractivity contribution in [3.63, 3.8) is 0 Å². The topological polar surface area (TPSA) is 39.9 Å². The Balaban J connectivity index is 2.19. The van der Waals surface area contributed by atoms with E-state index in [1.807, 2.05) is 53.1 Å². The van der Waals surface area contributed by atoms with Crippen LogP contribution in [0.3, 0.4) is 0 Å². The van der Waals surface area contributed by atoms with E-state index in [1.165, 1.54) is 0 Å². The number of nitrogens with zero attached hydrogens (tertiary/aromatic N) is 3. The van der Waals surface area contributed by atoms with Gasteiger partial charge in [0.25, 0.3) is 0 Å². The van der Waals surface area contributed by atoms with Crippen molar-refractivity contribution in [2.75, 3.05) is 7.11 Å². The van der Waals surface area contributed by atoms with Gasteiger partial charge in [-0.25, -0.2) is 0 Å². The van der Waals surface area contributed by atoms with Gasteiger partial charge in [0.15, 0.2) is 11.0 Å². The van der Waals surface area contributed by atoms with E-state index >= 15 is 0 Å². The predicted octanol–water partition coefficient (Wildman–Crippen LogP) is 5.10. The molecule has 0 fully saturated rings. The SMILES string of the molecule is COc1ccccc1-c1nnc(SC(C)C)n1-c1ccc(Cl)cc1. The Labute approximate surface area is 150 Å². The first-order valence-electron chi connectivity index (χ1n) is 7.61. The van der Waals surface area contributed by atoms with Gasteiger partial charge in [0.1, 0.15) is 5.75 Å². The first kappa shape index (κ1) is 16.9. The lowest BCUT2D eigenvalue weighted by molar-refractivity contribution is 0.416. The average Bonchev–Trinajstić information content (AvgIpc) is 2.98. The molecule has 24 heavy (non-hydrogen) atoms. The molecule has 0 spiro atoms. The average molecular weight is 360 g/mol. The number of thioether (sulfide) groups is 1. The van der Waals surface area contributed by atoms with Gasteiger partial charge >= 0.3 is 0 Å². The fraction of sp³-hybridized carbons (Fsp3) is 0.222. The summed E-state index contributed by atoms with van der Waals surface area (Å²) in [5.41, 5.74) is 1.87. The van der Waals surface area contributed by atoms with Crippen molar-refractivity contribution in [1.29, 1.82) is 0 Å². The number of methoxy groups -OCH3 is 1. The number of rotatable bonds is 5. The summed E-state index contributed by atoms with van der Waals surface area (Å²) in [6.45, 7) is 4.27. The van der Waals surface area contributed by atoms with Crippen molar-refractivity contribution in [2.45, 2.75) is 24.3 Å². The normalized spacial score (nSPS) is 11.0. The fourth-order valence-corrected chi connectivity index (χ4v) is 3.32. The number of halogens is 1. The highest BCUT2D eigenvalue weighted by molar-refractivity contribution is 7.99. The summed E-state index contributed by atoms with van der Waals surface area (Å²) in [5.74, 6) is 1.51. The number of hydrogen-bond acceptors (Lipinski definition) is 4. The van der Waals surface area contributed by atoms with Crippen LogP contribution < -0.4 is 4.74 Å². The summed E-state index contributed by atoms with van der Waals surface area (Å²) >= 11 is 7.70. The molecule has 0 radical (unpaired) electrons. The Bertz CT molecular complexity index is 831. The molecule has 124 valence electrons. The van der Waals surface area contributed by atoms with Crippen molar-refractivity contribution in [3.8, 4) is 22.8 Å². The summed E-state index contributed by atoms with van der Waals surface area (Å²) in [5, 5.41) is 10.8. The second kappa shape index (κ2) is 7.28. The highest BCUT2D eigenvalue weighted by Gasteiger charge is 2.19. The van der Waals surface area contributed by atoms with Crippen molar-refractivity contribution >= 4 is 23.4 Å². The number of ether oxygens (including phenoxy) is 1. The van der Waals surface area contributed by atoms with Crippen LogP contribution in [0.5, 0.6) is 5.75 Å². The Morgan fingerprint density at radius 3 is 2.42 bits per heavy atom. The molecule has 3 aromatic rings. The largest absolute Gasteiger partial charge is 0.496 e. The van der Waals surface area contributed by atoms with Crippen molar-refractivity contribution in [3.05, 3.63) is 53.6 Å². The molecule has 0 amide bonds. The lowest BCUT2D eigenvalue weighted by Crippen LogP contribution is -2.02. The summed E-state index contributed by atoms with van der Waals surface area (Å²) in [7, 11) is 1.66. The van der Waals surface area contributed by atoms with Crippen LogP contribution in [0.25, 0.3) is 17.1 Å². The maximum atomic E-state index is 6.04. The molecule has 0 aliphatic heterocycles. The van der Waals surface area contributed by atoms with E-state index in [1.54, 1.807) is 18.9 Å². The van der Waals surface area contributed by atoms with Crippen LogP contribution in [0.15, 0.2) is 53.7 Å². The zero-order chi connectivity index (χ0) is 17.1. The minimum atomic E-state index is 0.394. The summed E-state index contributed by atoms with van der Waals surface area (Å²) in [6.07, 6.45) is 0. The van der Waals surface area contributed by atoms with E-state index < -0.39 is 0 Å². The molecule has 0 N–H and O–H groups in total. The Hall–Kier alpha value is -1.98. The summed E-state index contributed by atoms with van der Waals surface area (Å²) in [6, 6.07) is 15.5. The molecule has 4 nitrogen and oxygen atoms in total. The van der Waals surface area contributed by atoms with Crippen LogP contribution in [0.4, 0.5) is 0 Å². The molecule has 2 aromatic carbocycles. The summed E-state index contributed by atoms with van der Waals surface area (Å²) in [4.78, 5) is 0. The van der Waals surface area contributed by atoms with E-state index in [-0.39, 0.29) is 0 Å². The van der Waals surface area contributed by atoms with Gasteiger partial charge in [-0.15, -0.1) is 10.2 Å². The van der Waals surface area contributed by atoms with Crippen molar-refractivity contribution < 1.29 is 4.74 Å². The highest BCUT2D eigenvalue weighted by atomic mass is 35.5. The third kappa shape index (κ3) is 3.42. The van der Waals surface area contributed by atoms with Crippen molar-refractivity contribution in [2.24, 2.45) is 0 Å². The van der Waals surface area contributed by atoms with Crippen LogP contribution >= 0.6 is 23.4 Å². The number of para-hydroxylation sites is 1. The number of hydrogen-bond donors (Lipinski definition) is 0. The molecule has 0 saturated heterocycles. The Morgan fingerprint density at radius 1 is 1.04 bits per heavy atom. The summed E-state index contributed by atoms with van der Waals surface area (Å²) < 4.78 is 7.53. The van der Waals surface area contributed by atoms with Crippen LogP contribution in [-0.2, 0) is 0 Å². The van der Waals surface area contributed by atoms with E-state index in [2.05, 4.69) is 24.0 Å². The highest BCUT2D eigenvalue weighted by Crippen LogP contribution is 2.34. The molecule has 3 rings (SSSR count). The van der Waals surface area contributed by atoms with Crippen LogP contribution in [0.1, 0.15) is 13.8 Å². The minimum absolute atomic E-state index is 0.394. The molecule has 1 heterocycles. The van der Waals surface area contributed by atoms with Crippen LogP contribution in [0, 0.1) is 0 Å². The number of benzene rings is 2. The molecular weight excluding hydrogens is 342 g/mol. The van der Waals surface area contributed by atoms with E-state index in [9.17, 15) is 0 Å². The maximum Gasteiger partial charge on any atom is 0.196 e. The smallest absolute Gasteiger partial charge is 0.196 e. The predicted molar refractivity (Wildman–Crippen MR) is 99.4 cm³/mol. The zero-order valence-corrected chi connectivity index (χ0v) is 15.3. The van der Waals surface area contributed by atoms with Crippen LogP contribution in [0.2, 0.25) is 5.02 Å². The quantitative estimate of drug-likeness (QED) is 0.594. The first-order chi connectivity index (χ1) is 11.6. The van der Waals surface area contributed by atoms with Gasteiger partial charge in [-0.3, -0.25) is 4.57 Å². The molecule has 0 saturated carbocycles. The zero-order valence-electron chi connectivity index (χ0n) is 13.7. The molecule has 0 bridgehead atoms. The van der Waals surface area contributed by atoms with Gasteiger partial charge in [0.05, 0.1) is 12.7 Å². The minimum Gasteiger partial charge on any atom is -0.496 e. The molecule has 0 aliphatic carbocycles. The molecule has 6 heteroatoms. The molecule has 0 unspecified atom stereocenters. The monoisotopic (exact) mass is 359 g/mol. The second-order valence-corrected chi connectivity index (χ2v) is 7.46. The van der Waals surface area contributed by atoms with E-state index in [4.69, 9.17) is 16.3 Å². The Kier molecular flexibility index (Phi) is 5.11. The Morgan fingerprint density at radius 2 is 1.75 bits per heavy atom. The fourth-order valence-electron chi connectivity index (χ4n) is 2.38. The lowest BCUT2D eigenvalue weighted by atomic mass is 10.2.